The molecule has 3 atom stereocenters. The van der Waals surface area contributed by atoms with Gasteiger partial charge in [-0.05, 0) is 47.5 Å². The molecule has 0 saturated carbocycles. The van der Waals surface area contributed by atoms with Crippen molar-refractivity contribution >= 4 is 50.1 Å². The lowest BCUT2D eigenvalue weighted by atomic mass is 10.1. The third-order valence-electron chi connectivity index (χ3n) is 5.80. The number of carbonyl (C=O) groups is 1. The molecule has 5 rings (SSSR count). The van der Waals surface area contributed by atoms with Crippen LogP contribution in [0.3, 0.4) is 0 Å². The second kappa shape index (κ2) is 10.6. The molecule has 1 aliphatic rings. The molecule has 35 heavy (non-hydrogen) atoms. The number of halogens is 2. The fourth-order valence-electron chi connectivity index (χ4n) is 4.04. The number of ether oxygens (including phenoxy) is 2. The number of cyclic esters (lactones) is 1. The summed E-state index contributed by atoms with van der Waals surface area (Å²) in [7, 11) is 0. The number of carbonyl (C=O) groups excluding carboxylic acids is 1. The highest BCUT2D eigenvalue weighted by Gasteiger charge is 2.44. The molecule has 0 spiro atoms. The van der Waals surface area contributed by atoms with E-state index in [-0.39, 0.29) is 12.0 Å². The van der Waals surface area contributed by atoms with Gasteiger partial charge in [0.05, 0.1) is 5.52 Å². The number of hydrogen-bond acceptors (Lipinski definition) is 6. The van der Waals surface area contributed by atoms with Crippen molar-refractivity contribution in [2.24, 2.45) is 0 Å². The van der Waals surface area contributed by atoms with Crippen molar-refractivity contribution in [1.29, 1.82) is 0 Å². The fraction of sp³-hybridized carbons (Fsp3) is 0.185. The monoisotopic (exact) mass is 551 g/mol. The molecule has 1 aromatic heterocycles. The van der Waals surface area contributed by atoms with Gasteiger partial charge >= 0.3 is 5.97 Å². The van der Waals surface area contributed by atoms with E-state index in [2.05, 4.69) is 43.7 Å². The minimum Gasteiger partial charge on any atom is -0.453 e. The fourth-order valence-corrected chi connectivity index (χ4v) is 4.75. The summed E-state index contributed by atoms with van der Waals surface area (Å²) in [6.07, 6.45) is 1.01. The summed E-state index contributed by atoms with van der Waals surface area (Å²) < 4.78 is 11.5. The Morgan fingerprint density at radius 3 is 2.54 bits per heavy atom. The number of nitrogens with zero attached hydrogens (tertiary/aromatic N) is 1. The Morgan fingerprint density at radius 1 is 0.971 bits per heavy atom. The van der Waals surface area contributed by atoms with Gasteiger partial charge in [0, 0.05) is 35.4 Å². The van der Waals surface area contributed by atoms with Crippen LogP contribution in [0, 0.1) is 0 Å². The van der Waals surface area contributed by atoms with Gasteiger partial charge in [-0.25, -0.2) is 0 Å². The third kappa shape index (κ3) is 5.42. The van der Waals surface area contributed by atoms with Crippen molar-refractivity contribution in [3.05, 3.63) is 90.1 Å². The zero-order chi connectivity index (χ0) is 24.2. The minimum absolute atomic E-state index is 0.342. The lowest BCUT2D eigenvalue weighted by Crippen LogP contribution is -2.46. The van der Waals surface area contributed by atoms with Gasteiger partial charge in [0.25, 0.3) is 6.29 Å². The Bertz CT molecular complexity index is 1320. The van der Waals surface area contributed by atoms with E-state index in [1.807, 2.05) is 66.7 Å². The smallest absolute Gasteiger partial charge is 0.324 e. The molecular formula is C27H23BrClN3O3. The highest BCUT2D eigenvalue weighted by molar-refractivity contribution is 9.10. The van der Waals surface area contributed by atoms with E-state index < -0.39 is 11.1 Å². The van der Waals surface area contributed by atoms with E-state index in [0.717, 1.165) is 27.7 Å². The van der Waals surface area contributed by atoms with Crippen LogP contribution in [0.1, 0.15) is 0 Å². The first kappa shape index (κ1) is 23.6. The van der Waals surface area contributed by atoms with Gasteiger partial charge in [-0.1, -0.05) is 70.0 Å². The van der Waals surface area contributed by atoms with Crippen molar-refractivity contribution in [3.8, 4) is 16.9 Å². The average Bonchev–Trinajstić information content (AvgIpc) is 3.14. The van der Waals surface area contributed by atoms with Gasteiger partial charge in [-0.3, -0.25) is 9.78 Å². The Morgan fingerprint density at radius 2 is 1.74 bits per heavy atom. The molecule has 6 nitrogen and oxygen atoms in total. The lowest BCUT2D eigenvalue weighted by molar-refractivity contribution is -0.151. The van der Waals surface area contributed by atoms with Crippen molar-refractivity contribution in [2.45, 2.75) is 17.2 Å². The van der Waals surface area contributed by atoms with Gasteiger partial charge in [0.15, 0.2) is 0 Å². The number of benzene rings is 3. The summed E-state index contributed by atoms with van der Waals surface area (Å²) in [6.45, 7) is 1.22. The zero-order valence-electron chi connectivity index (χ0n) is 18.7. The SMILES string of the molecule is O=C1OC(Oc2ccc(-c3ccccc3)cc2)C(NCCNc2ccnc3cc(Cl)ccc23)C1Br. The quantitative estimate of drug-likeness (QED) is 0.167. The predicted octanol–water partition coefficient (Wildman–Crippen LogP) is 5.65. The Labute approximate surface area is 216 Å². The van der Waals surface area contributed by atoms with Crippen LogP contribution in [0.5, 0.6) is 5.75 Å². The molecule has 1 saturated heterocycles. The van der Waals surface area contributed by atoms with Crippen LogP contribution in [0.4, 0.5) is 5.69 Å². The van der Waals surface area contributed by atoms with E-state index in [1.165, 1.54) is 0 Å². The zero-order valence-corrected chi connectivity index (χ0v) is 21.0. The minimum atomic E-state index is -0.738. The van der Waals surface area contributed by atoms with Crippen LogP contribution in [0.25, 0.3) is 22.0 Å². The van der Waals surface area contributed by atoms with Crippen LogP contribution >= 0.6 is 27.5 Å². The molecule has 3 aromatic carbocycles. The molecule has 2 heterocycles. The molecule has 178 valence electrons. The van der Waals surface area contributed by atoms with E-state index in [9.17, 15) is 4.79 Å². The van der Waals surface area contributed by atoms with Gasteiger partial charge in [0.1, 0.15) is 16.6 Å². The van der Waals surface area contributed by atoms with E-state index in [4.69, 9.17) is 21.1 Å². The second-order valence-corrected chi connectivity index (χ2v) is 9.56. The molecule has 1 fully saturated rings. The Balaban J connectivity index is 1.19. The summed E-state index contributed by atoms with van der Waals surface area (Å²) in [6, 6.07) is 25.1. The lowest BCUT2D eigenvalue weighted by Gasteiger charge is -2.21. The molecule has 0 radical (unpaired) electrons. The van der Waals surface area contributed by atoms with E-state index >= 15 is 0 Å². The first-order valence-corrected chi connectivity index (χ1v) is 12.6. The van der Waals surface area contributed by atoms with Gasteiger partial charge in [-0.2, -0.15) is 0 Å². The molecule has 2 N–H and O–H groups in total. The summed E-state index contributed by atoms with van der Waals surface area (Å²) in [5.41, 5.74) is 4.02. The first-order chi connectivity index (χ1) is 17.1. The molecule has 0 bridgehead atoms. The van der Waals surface area contributed by atoms with Gasteiger partial charge < -0.3 is 20.1 Å². The number of hydrogen-bond donors (Lipinski definition) is 2. The van der Waals surface area contributed by atoms with Crippen LogP contribution in [0.2, 0.25) is 5.02 Å². The second-order valence-electron chi connectivity index (χ2n) is 8.14. The van der Waals surface area contributed by atoms with Crippen LogP contribution in [-0.2, 0) is 9.53 Å². The summed E-state index contributed by atoms with van der Waals surface area (Å²) >= 11 is 9.52. The van der Waals surface area contributed by atoms with Crippen molar-refractivity contribution in [1.82, 2.24) is 10.3 Å². The standard InChI is InChI=1S/C27H23BrClN3O3/c28-24-25(32-15-14-31-22-12-13-30-23-16-19(29)8-11-21(22)23)27(35-26(24)33)34-20-9-6-18(7-10-20)17-4-2-1-3-5-17/h1-13,16,24-25,27,32H,14-15H2,(H,30,31). The van der Waals surface area contributed by atoms with E-state index in [1.54, 1.807) is 6.20 Å². The number of aromatic nitrogens is 1. The maximum atomic E-state index is 12.2. The van der Waals surface area contributed by atoms with Crippen molar-refractivity contribution in [2.75, 3.05) is 18.4 Å². The highest BCUT2D eigenvalue weighted by atomic mass is 79.9. The average molecular weight is 553 g/mol. The molecule has 8 heteroatoms. The Hall–Kier alpha value is -3.13. The maximum absolute atomic E-state index is 12.2. The number of alkyl halides is 1. The summed E-state index contributed by atoms with van der Waals surface area (Å²) in [4.78, 5) is 16.1. The number of fused-ring (bicyclic) bond motifs is 1. The number of rotatable bonds is 8. The molecule has 0 aliphatic carbocycles. The first-order valence-electron chi connectivity index (χ1n) is 11.3. The normalized spacial score (nSPS) is 19.5. The molecule has 3 unspecified atom stereocenters. The van der Waals surface area contributed by atoms with E-state index in [0.29, 0.717) is 23.9 Å². The van der Waals surface area contributed by atoms with Crippen LogP contribution in [-0.4, -0.2) is 41.2 Å². The summed E-state index contributed by atoms with van der Waals surface area (Å²) in [5, 5.41) is 8.44. The summed E-state index contributed by atoms with van der Waals surface area (Å²) in [5.74, 6) is 0.286. The van der Waals surface area contributed by atoms with Crippen molar-refractivity contribution < 1.29 is 14.3 Å². The Kier molecular flexibility index (Phi) is 7.18. The highest BCUT2D eigenvalue weighted by Crippen LogP contribution is 2.28. The van der Waals surface area contributed by atoms with Crippen molar-refractivity contribution in [3.63, 3.8) is 0 Å². The van der Waals surface area contributed by atoms with Gasteiger partial charge in [-0.15, -0.1) is 0 Å². The molecule has 0 amide bonds. The third-order valence-corrected chi connectivity index (χ3v) is 6.98. The molecular weight excluding hydrogens is 530 g/mol. The van der Waals surface area contributed by atoms with Crippen LogP contribution < -0.4 is 15.4 Å². The largest absolute Gasteiger partial charge is 0.453 e. The topological polar surface area (TPSA) is 72.5 Å². The molecule has 1 aliphatic heterocycles. The molecule has 4 aromatic rings. The number of pyridine rings is 1. The number of esters is 1. The van der Waals surface area contributed by atoms with Gasteiger partial charge in [0.2, 0.25) is 0 Å². The number of anilines is 1. The maximum Gasteiger partial charge on any atom is 0.324 e. The predicted molar refractivity (Wildman–Crippen MR) is 142 cm³/mol. The number of nitrogens with one attached hydrogen (secondary N) is 2. The van der Waals surface area contributed by atoms with Crippen LogP contribution in [0.15, 0.2) is 85.1 Å².